The molecule has 0 spiro atoms. The van der Waals surface area contributed by atoms with E-state index in [0.717, 1.165) is 5.56 Å². The molecule has 5 rings (SSSR count). The number of halogens is 4. The van der Waals surface area contributed by atoms with Crippen molar-refractivity contribution in [2.45, 2.75) is 6.04 Å². The van der Waals surface area contributed by atoms with Gasteiger partial charge in [-0.1, -0.05) is 35.3 Å². The van der Waals surface area contributed by atoms with Gasteiger partial charge < -0.3 is 10.6 Å². The summed E-state index contributed by atoms with van der Waals surface area (Å²) in [4.78, 5) is 12.7. The van der Waals surface area contributed by atoms with Gasteiger partial charge in [0.15, 0.2) is 0 Å². The Labute approximate surface area is 220 Å². The number of fused-ring (bicyclic) bond motifs is 1. The molecule has 0 amide bonds. The van der Waals surface area contributed by atoms with E-state index in [0.29, 0.717) is 38.7 Å². The summed E-state index contributed by atoms with van der Waals surface area (Å²) in [6.45, 7) is 0. The van der Waals surface area contributed by atoms with Crippen LogP contribution >= 0.6 is 23.2 Å². The Kier molecular flexibility index (Phi) is 6.82. The van der Waals surface area contributed by atoms with E-state index < -0.39 is 11.9 Å². The summed E-state index contributed by atoms with van der Waals surface area (Å²) in [7, 11) is 0. The van der Waals surface area contributed by atoms with Gasteiger partial charge in [-0.2, -0.15) is 5.26 Å². The molecule has 2 aromatic heterocycles. The van der Waals surface area contributed by atoms with Crippen LogP contribution in [0.25, 0.3) is 10.9 Å². The van der Waals surface area contributed by atoms with Gasteiger partial charge in [-0.25, -0.2) is 18.7 Å². The highest BCUT2D eigenvalue weighted by Crippen LogP contribution is 2.37. The van der Waals surface area contributed by atoms with Gasteiger partial charge in [0, 0.05) is 29.2 Å². The fourth-order valence-corrected chi connectivity index (χ4v) is 4.35. The van der Waals surface area contributed by atoms with Crippen LogP contribution in [0.4, 0.5) is 25.8 Å². The van der Waals surface area contributed by atoms with Gasteiger partial charge in [0.2, 0.25) is 0 Å². The molecule has 2 N–H and O–H groups in total. The van der Waals surface area contributed by atoms with Crippen LogP contribution in [0.5, 0.6) is 0 Å². The third-order valence-electron chi connectivity index (χ3n) is 5.65. The van der Waals surface area contributed by atoms with Gasteiger partial charge in [0.1, 0.15) is 24.0 Å². The number of hydrogen-bond acceptors (Lipinski definition) is 6. The topological polar surface area (TPSA) is 86.5 Å². The smallest absolute Gasteiger partial charge is 0.141 e. The molecule has 0 aliphatic carbocycles. The molecule has 5 aromatic rings. The van der Waals surface area contributed by atoms with Gasteiger partial charge in [0.05, 0.1) is 38.5 Å². The highest BCUT2D eigenvalue weighted by Gasteiger charge is 2.19. The van der Waals surface area contributed by atoms with E-state index in [1.807, 2.05) is 0 Å². The number of hydrogen-bond donors (Lipinski definition) is 2. The van der Waals surface area contributed by atoms with Crippen LogP contribution in [0.2, 0.25) is 10.0 Å². The summed E-state index contributed by atoms with van der Waals surface area (Å²) in [5.41, 5.74) is 3.65. The Balaban J connectivity index is 1.62. The number of nitrogens with zero attached hydrogens (tertiary/aromatic N) is 4. The number of nitriles is 1. The Morgan fingerprint density at radius 1 is 0.892 bits per heavy atom. The van der Waals surface area contributed by atoms with Crippen LogP contribution < -0.4 is 10.6 Å². The molecular weight excluding hydrogens is 517 g/mol. The first-order valence-electron chi connectivity index (χ1n) is 11.0. The number of nitrogens with one attached hydrogen (secondary N) is 2. The molecule has 0 aliphatic rings. The molecule has 6 nitrogen and oxygen atoms in total. The van der Waals surface area contributed by atoms with E-state index in [1.54, 1.807) is 36.5 Å². The average Bonchev–Trinajstić information content (AvgIpc) is 2.91. The predicted molar refractivity (Wildman–Crippen MR) is 140 cm³/mol. The molecule has 0 fully saturated rings. The zero-order chi connectivity index (χ0) is 25.9. The van der Waals surface area contributed by atoms with Gasteiger partial charge in [-0.05, 0) is 54.1 Å². The Morgan fingerprint density at radius 2 is 1.68 bits per heavy atom. The first-order valence-corrected chi connectivity index (χ1v) is 11.7. The third kappa shape index (κ3) is 5.14. The van der Waals surface area contributed by atoms with E-state index in [9.17, 15) is 14.0 Å². The first-order chi connectivity index (χ1) is 17.9. The monoisotopic (exact) mass is 532 g/mol. The maximum atomic E-state index is 13.7. The van der Waals surface area contributed by atoms with Crippen molar-refractivity contribution in [2.75, 3.05) is 10.6 Å². The van der Waals surface area contributed by atoms with Gasteiger partial charge in [-0.3, -0.25) is 4.98 Å². The second-order valence-corrected chi connectivity index (χ2v) is 8.84. The van der Waals surface area contributed by atoms with Crippen LogP contribution in [0.3, 0.4) is 0 Å². The zero-order valence-electron chi connectivity index (χ0n) is 18.9. The van der Waals surface area contributed by atoms with Crippen molar-refractivity contribution in [3.63, 3.8) is 0 Å². The van der Waals surface area contributed by atoms with Crippen LogP contribution in [0, 0.1) is 23.0 Å². The lowest BCUT2D eigenvalue weighted by Gasteiger charge is -2.21. The summed E-state index contributed by atoms with van der Waals surface area (Å²) >= 11 is 12.6. The van der Waals surface area contributed by atoms with Crippen molar-refractivity contribution < 1.29 is 8.78 Å². The Hall–Kier alpha value is -4.32. The number of pyridine rings is 1. The van der Waals surface area contributed by atoms with Crippen molar-refractivity contribution in [3.8, 4) is 6.07 Å². The zero-order valence-corrected chi connectivity index (χ0v) is 20.4. The lowest BCUT2D eigenvalue weighted by molar-refractivity contribution is 0.626. The van der Waals surface area contributed by atoms with Gasteiger partial charge in [-0.15, -0.1) is 0 Å². The summed E-state index contributed by atoms with van der Waals surface area (Å²) in [6.07, 6.45) is 4.46. The molecule has 37 heavy (non-hydrogen) atoms. The first kappa shape index (κ1) is 24.4. The molecule has 1 atom stereocenters. The van der Waals surface area contributed by atoms with Crippen molar-refractivity contribution in [1.82, 2.24) is 15.0 Å². The van der Waals surface area contributed by atoms with E-state index >= 15 is 0 Å². The van der Waals surface area contributed by atoms with E-state index in [-0.39, 0.29) is 16.4 Å². The molecule has 0 saturated carbocycles. The second-order valence-electron chi connectivity index (χ2n) is 8.03. The molecule has 0 radical (unpaired) electrons. The number of rotatable bonds is 6. The molecule has 182 valence electrons. The van der Waals surface area contributed by atoms with Gasteiger partial charge in [0.25, 0.3) is 0 Å². The molecule has 0 bridgehead atoms. The molecule has 3 aromatic carbocycles. The minimum absolute atomic E-state index is 0.0609. The van der Waals surface area contributed by atoms with E-state index in [1.165, 1.54) is 42.9 Å². The summed E-state index contributed by atoms with van der Waals surface area (Å²) in [6, 6.07) is 17.2. The maximum Gasteiger partial charge on any atom is 0.141 e. The third-order valence-corrected chi connectivity index (χ3v) is 6.23. The summed E-state index contributed by atoms with van der Waals surface area (Å²) < 4.78 is 27.3. The number of aromatic nitrogens is 3. The molecule has 10 heteroatoms. The maximum absolute atomic E-state index is 13.7. The lowest BCUT2D eigenvalue weighted by Crippen LogP contribution is -2.14. The molecular formula is C27H16Cl2F2N6. The average molecular weight is 533 g/mol. The quantitative estimate of drug-likeness (QED) is 0.236. The van der Waals surface area contributed by atoms with Crippen molar-refractivity contribution in [1.29, 1.82) is 5.26 Å². The number of anilines is 3. The van der Waals surface area contributed by atoms with Crippen LogP contribution in [0.15, 0.2) is 79.4 Å². The SMILES string of the molecule is N#Cc1cnc2c(Cl)cc(NC(c3ccc(F)cc3)c3ccncn3)cc2c1Nc1ccc(F)c(Cl)c1. The minimum atomic E-state index is -0.557. The molecule has 0 aliphatic heterocycles. The fraction of sp³-hybridized carbons (Fsp3) is 0.0370. The predicted octanol–water partition coefficient (Wildman–Crippen LogP) is 7.43. The molecule has 2 heterocycles. The lowest BCUT2D eigenvalue weighted by atomic mass is 10.0. The minimum Gasteiger partial charge on any atom is -0.373 e. The highest BCUT2D eigenvalue weighted by atomic mass is 35.5. The molecule has 1 unspecified atom stereocenters. The molecule has 0 saturated heterocycles. The van der Waals surface area contributed by atoms with Crippen LogP contribution in [0.1, 0.15) is 22.9 Å². The summed E-state index contributed by atoms with van der Waals surface area (Å²) in [5.74, 6) is -0.913. The normalized spacial score (nSPS) is 11.6. The number of benzene rings is 3. The fourth-order valence-electron chi connectivity index (χ4n) is 3.90. The van der Waals surface area contributed by atoms with Crippen LogP contribution in [-0.2, 0) is 0 Å². The van der Waals surface area contributed by atoms with Gasteiger partial charge >= 0.3 is 0 Å². The van der Waals surface area contributed by atoms with Crippen LogP contribution in [-0.4, -0.2) is 15.0 Å². The standard InChI is InChI=1S/C27H16Cl2F2N6/c28-21-10-18(5-6-23(21)31)36-25-16(12-32)13-34-27-20(25)9-19(11-22(27)29)37-26(24-7-8-33-14-35-24)15-1-3-17(30)4-2-15/h1-11,13-14,26,37H,(H,34,36). The largest absolute Gasteiger partial charge is 0.373 e. The van der Waals surface area contributed by atoms with Crippen molar-refractivity contribution >= 4 is 51.2 Å². The van der Waals surface area contributed by atoms with E-state index in [2.05, 4.69) is 31.7 Å². The highest BCUT2D eigenvalue weighted by molar-refractivity contribution is 6.36. The second kappa shape index (κ2) is 10.3. The Bertz CT molecular complexity index is 1640. The van der Waals surface area contributed by atoms with Crippen molar-refractivity contribution in [3.05, 3.63) is 118 Å². The summed E-state index contributed by atoms with van der Waals surface area (Å²) in [5, 5.41) is 17.1. The van der Waals surface area contributed by atoms with Crippen molar-refractivity contribution in [2.24, 2.45) is 0 Å². The Morgan fingerprint density at radius 3 is 2.38 bits per heavy atom. The van der Waals surface area contributed by atoms with E-state index in [4.69, 9.17) is 23.2 Å².